The van der Waals surface area contributed by atoms with Crippen LogP contribution in [-0.2, 0) is 0 Å². The maximum atomic E-state index is 11.7. The molecule has 4 aromatic rings. The van der Waals surface area contributed by atoms with E-state index in [1.165, 1.54) is 29.0 Å². The van der Waals surface area contributed by atoms with Crippen LogP contribution in [0.25, 0.3) is 16.3 Å². The molecule has 3 aromatic heterocycles. The van der Waals surface area contributed by atoms with Gasteiger partial charge in [-0.3, -0.25) is 9.89 Å². The van der Waals surface area contributed by atoms with Crippen LogP contribution < -0.4 is 10.3 Å². The van der Waals surface area contributed by atoms with Gasteiger partial charge in [0.2, 0.25) is 0 Å². The molecule has 0 aliphatic heterocycles. The van der Waals surface area contributed by atoms with Crippen molar-refractivity contribution in [2.45, 2.75) is 19.0 Å². The largest absolute Gasteiger partial charge is 0.493 e. The van der Waals surface area contributed by atoms with E-state index >= 15 is 0 Å². The number of hydrogen-bond donors (Lipinski definition) is 1. The fourth-order valence-electron chi connectivity index (χ4n) is 2.81. The molecule has 0 amide bonds. The van der Waals surface area contributed by atoms with Gasteiger partial charge in [0.05, 0.1) is 11.5 Å². The second-order valence-electron chi connectivity index (χ2n) is 6.14. The van der Waals surface area contributed by atoms with Crippen molar-refractivity contribution >= 4 is 28.7 Å². The van der Waals surface area contributed by atoms with Crippen molar-refractivity contribution in [2.24, 2.45) is 0 Å². The monoisotopic (exact) mass is 398 g/mol. The highest BCUT2D eigenvalue weighted by atomic mass is 32.2. The number of ether oxygens (including phenoxy) is 1. The second kappa shape index (κ2) is 7.58. The van der Waals surface area contributed by atoms with Gasteiger partial charge in [-0.15, -0.1) is 11.3 Å². The molecule has 8 heteroatoms. The zero-order valence-corrected chi connectivity index (χ0v) is 16.6. The summed E-state index contributed by atoms with van der Waals surface area (Å²) in [7, 11) is 0. The molecule has 3 heterocycles. The van der Waals surface area contributed by atoms with Crippen LogP contribution in [0.3, 0.4) is 0 Å². The topological polar surface area (TPSA) is 72.3 Å². The summed E-state index contributed by atoms with van der Waals surface area (Å²) >= 11 is 3.10. The molecule has 0 saturated carbocycles. The Bertz CT molecular complexity index is 1110. The average Bonchev–Trinajstić information content (AvgIpc) is 3.26. The Balaban J connectivity index is 1.51. The predicted octanol–water partition coefficient (Wildman–Crippen LogP) is 3.93. The van der Waals surface area contributed by atoms with E-state index < -0.39 is 0 Å². The van der Waals surface area contributed by atoms with Gasteiger partial charge in [-0.2, -0.15) is 0 Å². The minimum Gasteiger partial charge on any atom is -0.493 e. The number of thioether (sulfide) groups is 1. The third kappa shape index (κ3) is 4.06. The third-order valence-electron chi connectivity index (χ3n) is 3.84. The number of aromatic nitrogens is 4. The van der Waals surface area contributed by atoms with Gasteiger partial charge in [-0.25, -0.2) is 14.5 Å². The Labute approximate surface area is 164 Å². The van der Waals surface area contributed by atoms with Crippen molar-refractivity contribution in [2.75, 3.05) is 12.4 Å². The number of nitrogens with one attached hydrogen (secondary N) is 1. The molecule has 0 atom stereocenters. The molecule has 138 valence electrons. The summed E-state index contributed by atoms with van der Waals surface area (Å²) in [5, 5.41) is 5.42. The van der Waals surface area contributed by atoms with E-state index in [0.717, 1.165) is 10.6 Å². The van der Waals surface area contributed by atoms with E-state index in [-0.39, 0.29) is 5.56 Å². The zero-order valence-electron chi connectivity index (χ0n) is 14.9. The van der Waals surface area contributed by atoms with Crippen LogP contribution >= 0.6 is 23.1 Å². The van der Waals surface area contributed by atoms with Crippen LogP contribution in [0.15, 0.2) is 51.7 Å². The van der Waals surface area contributed by atoms with Crippen molar-refractivity contribution in [3.63, 3.8) is 0 Å². The number of nitrogens with zero attached hydrogens (tertiary/aromatic N) is 3. The molecule has 0 spiro atoms. The predicted molar refractivity (Wildman–Crippen MR) is 109 cm³/mol. The van der Waals surface area contributed by atoms with Crippen LogP contribution in [0.1, 0.15) is 11.1 Å². The molecule has 0 saturated heterocycles. The van der Waals surface area contributed by atoms with E-state index in [1.807, 2.05) is 29.6 Å². The van der Waals surface area contributed by atoms with E-state index in [2.05, 4.69) is 35.0 Å². The standard InChI is InChI=1S/C19H18N4O2S2/c1-12-8-13(2)10-14(9-12)25-5-7-27-19-21-18(15-4-3-6-26-15)20-16-11-17(24)22-23(16)19/h3-4,6,8-11H,5,7H2,1-2H3,(H,22,24). The lowest BCUT2D eigenvalue weighted by Gasteiger charge is -2.09. The molecule has 1 N–H and O–H groups in total. The van der Waals surface area contributed by atoms with Gasteiger partial charge < -0.3 is 4.74 Å². The van der Waals surface area contributed by atoms with E-state index in [4.69, 9.17) is 4.74 Å². The van der Waals surface area contributed by atoms with Crippen LogP contribution in [0.2, 0.25) is 0 Å². The molecule has 6 nitrogen and oxygen atoms in total. The lowest BCUT2D eigenvalue weighted by molar-refractivity contribution is 0.343. The smallest absolute Gasteiger partial charge is 0.266 e. The van der Waals surface area contributed by atoms with E-state index in [9.17, 15) is 4.79 Å². The number of aryl methyl sites for hydroxylation is 2. The van der Waals surface area contributed by atoms with Gasteiger partial charge in [-0.1, -0.05) is 23.9 Å². The fraction of sp³-hybridized carbons (Fsp3) is 0.211. The molecular formula is C19H18N4O2S2. The number of thiophene rings is 1. The van der Waals surface area contributed by atoms with Gasteiger partial charge in [0.1, 0.15) is 5.75 Å². The van der Waals surface area contributed by atoms with Crippen molar-refractivity contribution in [3.8, 4) is 16.5 Å². The lowest BCUT2D eigenvalue weighted by atomic mass is 10.1. The summed E-state index contributed by atoms with van der Waals surface area (Å²) < 4.78 is 7.49. The first kappa shape index (κ1) is 17.8. The van der Waals surface area contributed by atoms with Crippen LogP contribution in [-0.4, -0.2) is 31.9 Å². The van der Waals surface area contributed by atoms with Crippen LogP contribution in [0.5, 0.6) is 5.75 Å². The van der Waals surface area contributed by atoms with Gasteiger partial charge in [0, 0.05) is 11.8 Å². The number of benzene rings is 1. The first-order chi connectivity index (χ1) is 13.1. The number of H-pyrrole nitrogens is 1. The van der Waals surface area contributed by atoms with Gasteiger partial charge >= 0.3 is 0 Å². The summed E-state index contributed by atoms with van der Waals surface area (Å²) in [6, 6.07) is 11.6. The van der Waals surface area contributed by atoms with Crippen molar-refractivity contribution in [1.82, 2.24) is 19.6 Å². The van der Waals surface area contributed by atoms with Crippen LogP contribution in [0, 0.1) is 13.8 Å². The van der Waals surface area contributed by atoms with E-state index in [1.54, 1.807) is 15.9 Å². The fourth-order valence-corrected chi connectivity index (χ4v) is 4.23. The Morgan fingerprint density at radius 1 is 1.19 bits per heavy atom. The van der Waals surface area contributed by atoms with Gasteiger partial charge in [0.15, 0.2) is 16.6 Å². The molecule has 1 aromatic carbocycles. The zero-order chi connectivity index (χ0) is 18.8. The minimum atomic E-state index is -0.194. The molecular weight excluding hydrogens is 380 g/mol. The van der Waals surface area contributed by atoms with Gasteiger partial charge in [0.25, 0.3) is 5.56 Å². The van der Waals surface area contributed by atoms with E-state index in [0.29, 0.717) is 29.0 Å². The molecule has 0 fully saturated rings. The Morgan fingerprint density at radius 3 is 2.74 bits per heavy atom. The molecule has 0 aliphatic rings. The first-order valence-corrected chi connectivity index (χ1v) is 10.3. The third-order valence-corrected chi connectivity index (χ3v) is 5.61. The normalized spacial score (nSPS) is 11.2. The summed E-state index contributed by atoms with van der Waals surface area (Å²) in [5.74, 6) is 2.19. The SMILES string of the molecule is Cc1cc(C)cc(OCCSc2nc(-c3cccs3)nc3cc(=O)[nH]n23)c1. The van der Waals surface area contributed by atoms with Crippen molar-refractivity contribution in [3.05, 3.63) is 63.3 Å². The second-order valence-corrected chi connectivity index (χ2v) is 8.15. The van der Waals surface area contributed by atoms with Crippen LogP contribution in [0.4, 0.5) is 0 Å². The molecule has 0 radical (unpaired) electrons. The van der Waals surface area contributed by atoms with Crippen molar-refractivity contribution < 1.29 is 4.74 Å². The summed E-state index contributed by atoms with van der Waals surface area (Å²) in [5.41, 5.74) is 2.73. The summed E-state index contributed by atoms with van der Waals surface area (Å²) in [6.07, 6.45) is 0. The maximum absolute atomic E-state index is 11.7. The highest BCUT2D eigenvalue weighted by molar-refractivity contribution is 7.99. The Morgan fingerprint density at radius 2 is 2.00 bits per heavy atom. The molecule has 4 rings (SSSR count). The highest BCUT2D eigenvalue weighted by Gasteiger charge is 2.12. The average molecular weight is 399 g/mol. The maximum Gasteiger partial charge on any atom is 0.266 e. The number of aromatic amines is 1. The number of hydrogen-bond acceptors (Lipinski definition) is 6. The minimum absolute atomic E-state index is 0.194. The van der Waals surface area contributed by atoms with Crippen molar-refractivity contribution in [1.29, 1.82) is 0 Å². The number of rotatable bonds is 6. The number of fused-ring (bicyclic) bond motifs is 1. The van der Waals surface area contributed by atoms with Gasteiger partial charge in [-0.05, 0) is 48.6 Å². The lowest BCUT2D eigenvalue weighted by Crippen LogP contribution is -2.06. The molecule has 0 bridgehead atoms. The molecule has 0 unspecified atom stereocenters. The quantitative estimate of drug-likeness (QED) is 0.393. The summed E-state index contributed by atoms with van der Waals surface area (Å²) in [4.78, 5) is 21.8. The molecule has 0 aliphatic carbocycles. The highest BCUT2D eigenvalue weighted by Crippen LogP contribution is 2.25. The molecule has 27 heavy (non-hydrogen) atoms. The Kier molecular flexibility index (Phi) is 5.00. The summed E-state index contributed by atoms with van der Waals surface area (Å²) in [6.45, 7) is 4.65. The Hall–Kier alpha value is -2.58. The first-order valence-electron chi connectivity index (χ1n) is 8.46.